The molecule has 1 saturated heterocycles. The first-order valence-corrected chi connectivity index (χ1v) is 8.59. The zero-order chi connectivity index (χ0) is 17.1. The van der Waals surface area contributed by atoms with Gasteiger partial charge >= 0.3 is 5.97 Å². The molecule has 2 heterocycles. The summed E-state index contributed by atoms with van der Waals surface area (Å²) >= 11 is 0. The Kier molecular flexibility index (Phi) is 5.16. The minimum absolute atomic E-state index is 0.0124. The van der Waals surface area contributed by atoms with E-state index in [4.69, 9.17) is 4.74 Å². The third-order valence-corrected chi connectivity index (χ3v) is 4.86. The molecule has 2 aliphatic rings. The lowest BCUT2D eigenvalue weighted by Gasteiger charge is -2.29. The normalized spacial score (nSPS) is 21.5. The van der Waals surface area contributed by atoms with Gasteiger partial charge in [0.15, 0.2) is 0 Å². The first-order valence-electron chi connectivity index (χ1n) is 8.59. The van der Waals surface area contributed by atoms with E-state index < -0.39 is 5.97 Å². The zero-order valence-electron chi connectivity index (χ0n) is 14.3. The molecule has 0 bridgehead atoms. The van der Waals surface area contributed by atoms with Crippen LogP contribution in [0.15, 0.2) is 18.2 Å². The van der Waals surface area contributed by atoms with Gasteiger partial charge in [0.2, 0.25) is 0 Å². The predicted octanol–water partition coefficient (Wildman–Crippen LogP) is 1.51. The molecule has 130 valence electrons. The van der Waals surface area contributed by atoms with Gasteiger partial charge in [-0.1, -0.05) is 6.07 Å². The van der Waals surface area contributed by atoms with Gasteiger partial charge in [-0.25, -0.2) is 4.79 Å². The summed E-state index contributed by atoms with van der Waals surface area (Å²) in [6.07, 6.45) is 3.94. The Labute approximate surface area is 142 Å². The maximum atomic E-state index is 12.7. The number of nitrogens with one attached hydrogen (secondary N) is 2. The molecule has 1 unspecified atom stereocenters. The number of carbonyl (C=O) groups excluding carboxylic acids is 2. The highest BCUT2D eigenvalue weighted by Gasteiger charge is 2.31. The van der Waals surface area contributed by atoms with E-state index in [9.17, 15) is 9.59 Å². The number of amides is 1. The fraction of sp³-hybridized carbons (Fsp3) is 0.556. The SMILES string of the molecule is COC(=O)c1ccc2c(c1)C(=O)N([C@H](C)CNC1CCCCN1)C2. The fourth-order valence-corrected chi connectivity index (χ4v) is 3.37. The number of hydrogen-bond donors (Lipinski definition) is 2. The van der Waals surface area contributed by atoms with Crippen molar-refractivity contribution in [1.29, 1.82) is 0 Å². The molecule has 0 spiro atoms. The van der Waals surface area contributed by atoms with Crippen molar-refractivity contribution in [2.45, 2.75) is 44.9 Å². The summed E-state index contributed by atoms with van der Waals surface area (Å²) < 4.78 is 4.73. The largest absolute Gasteiger partial charge is 0.465 e. The Morgan fingerprint density at radius 2 is 2.29 bits per heavy atom. The molecule has 0 saturated carbocycles. The van der Waals surface area contributed by atoms with E-state index in [-0.39, 0.29) is 11.9 Å². The van der Waals surface area contributed by atoms with Crippen molar-refractivity contribution in [3.05, 3.63) is 34.9 Å². The number of piperidine rings is 1. The highest BCUT2D eigenvalue weighted by molar-refractivity contribution is 6.01. The number of rotatable bonds is 5. The van der Waals surface area contributed by atoms with Gasteiger partial charge in [-0.2, -0.15) is 0 Å². The summed E-state index contributed by atoms with van der Waals surface area (Å²) in [5, 5.41) is 6.96. The second-order valence-corrected chi connectivity index (χ2v) is 6.56. The second kappa shape index (κ2) is 7.32. The summed E-state index contributed by atoms with van der Waals surface area (Å²) in [5.74, 6) is -0.427. The molecule has 1 aromatic carbocycles. The van der Waals surface area contributed by atoms with Crippen LogP contribution in [0, 0.1) is 0 Å². The predicted molar refractivity (Wildman–Crippen MR) is 90.8 cm³/mol. The molecule has 6 heteroatoms. The number of hydrogen-bond acceptors (Lipinski definition) is 5. The molecule has 1 fully saturated rings. The van der Waals surface area contributed by atoms with Gasteiger partial charge in [-0.3, -0.25) is 10.1 Å². The van der Waals surface area contributed by atoms with Crippen LogP contribution in [0.4, 0.5) is 0 Å². The molecule has 6 nitrogen and oxygen atoms in total. The highest BCUT2D eigenvalue weighted by Crippen LogP contribution is 2.26. The lowest BCUT2D eigenvalue weighted by molar-refractivity contribution is 0.0600. The maximum absolute atomic E-state index is 12.7. The third kappa shape index (κ3) is 3.44. The summed E-state index contributed by atoms with van der Waals surface area (Å²) in [6.45, 7) is 4.45. The zero-order valence-corrected chi connectivity index (χ0v) is 14.3. The third-order valence-electron chi connectivity index (χ3n) is 4.86. The topological polar surface area (TPSA) is 70.7 Å². The van der Waals surface area contributed by atoms with Gasteiger partial charge in [-0.05, 0) is 50.4 Å². The molecule has 0 aromatic heterocycles. The minimum Gasteiger partial charge on any atom is -0.465 e. The molecule has 0 aliphatic carbocycles. The van der Waals surface area contributed by atoms with Crippen LogP contribution in [0.5, 0.6) is 0 Å². The molecule has 2 atom stereocenters. The fourth-order valence-electron chi connectivity index (χ4n) is 3.37. The number of benzene rings is 1. The van der Waals surface area contributed by atoms with Crippen LogP contribution in [-0.2, 0) is 11.3 Å². The van der Waals surface area contributed by atoms with E-state index in [2.05, 4.69) is 17.6 Å². The van der Waals surface area contributed by atoms with Crippen LogP contribution in [0.3, 0.4) is 0 Å². The van der Waals surface area contributed by atoms with Crippen molar-refractivity contribution >= 4 is 11.9 Å². The van der Waals surface area contributed by atoms with Crippen LogP contribution in [0.25, 0.3) is 0 Å². The summed E-state index contributed by atoms with van der Waals surface area (Å²) in [5.41, 5.74) is 2.00. The van der Waals surface area contributed by atoms with Crippen molar-refractivity contribution < 1.29 is 14.3 Å². The molecular formula is C18H25N3O3. The van der Waals surface area contributed by atoms with Gasteiger partial charge in [-0.15, -0.1) is 0 Å². The maximum Gasteiger partial charge on any atom is 0.337 e. The quantitative estimate of drug-likeness (QED) is 0.800. The molecule has 2 N–H and O–H groups in total. The van der Waals surface area contributed by atoms with Crippen molar-refractivity contribution in [2.75, 3.05) is 20.2 Å². The van der Waals surface area contributed by atoms with E-state index in [1.165, 1.54) is 20.0 Å². The number of methoxy groups -OCH3 is 1. The minimum atomic E-state index is -0.415. The summed E-state index contributed by atoms with van der Waals surface area (Å²) in [6, 6.07) is 5.31. The second-order valence-electron chi connectivity index (χ2n) is 6.56. The number of nitrogens with zero attached hydrogens (tertiary/aromatic N) is 1. The Bertz CT molecular complexity index is 626. The highest BCUT2D eigenvalue weighted by atomic mass is 16.5. The number of carbonyl (C=O) groups is 2. The first-order chi connectivity index (χ1) is 11.6. The van der Waals surface area contributed by atoms with Crippen LogP contribution in [0.2, 0.25) is 0 Å². The van der Waals surface area contributed by atoms with E-state index in [0.717, 1.165) is 25.1 Å². The van der Waals surface area contributed by atoms with E-state index in [1.807, 2.05) is 11.0 Å². The van der Waals surface area contributed by atoms with E-state index in [1.54, 1.807) is 12.1 Å². The summed E-state index contributed by atoms with van der Waals surface area (Å²) in [7, 11) is 1.34. The Hall–Kier alpha value is -1.92. The molecule has 1 amide bonds. The van der Waals surface area contributed by atoms with Crippen LogP contribution in [-0.4, -0.2) is 49.2 Å². The molecular weight excluding hydrogens is 306 g/mol. The van der Waals surface area contributed by atoms with Crippen molar-refractivity contribution in [2.24, 2.45) is 0 Å². The van der Waals surface area contributed by atoms with Gasteiger partial charge in [0.1, 0.15) is 0 Å². The van der Waals surface area contributed by atoms with Crippen LogP contribution < -0.4 is 10.6 Å². The van der Waals surface area contributed by atoms with Crippen LogP contribution in [0.1, 0.15) is 52.5 Å². The van der Waals surface area contributed by atoms with Gasteiger partial charge < -0.3 is 15.0 Å². The van der Waals surface area contributed by atoms with Gasteiger partial charge in [0, 0.05) is 24.7 Å². The van der Waals surface area contributed by atoms with Crippen LogP contribution >= 0.6 is 0 Å². The van der Waals surface area contributed by atoms with Crippen molar-refractivity contribution in [3.63, 3.8) is 0 Å². The summed E-state index contributed by atoms with van der Waals surface area (Å²) in [4.78, 5) is 26.2. The standard InChI is InChI=1S/C18H25N3O3/c1-12(10-20-16-5-3-4-8-19-16)21-11-14-7-6-13(18(23)24-2)9-15(14)17(21)22/h6-7,9,12,16,19-20H,3-5,8,10-11H2,1-2H3/t12-,16?/m1/s1. The molecule has 1 aromatic rings. The molecule has 2 aliphatic heterocycles. The molecule has 24 heavy (non-hydrogen) atoms. The smallest absolute Gasteiger partial charge is 0.337 e. The van der Waals surface area contributed by atoms with Gasteiger partial charge in [0.05, 0.1) is 18.8 Å². The average molecular weight is 331 g/mol. The lowest BCUT2D eigenvalue weighted by atomic mass is 10.1. The monoisotopic (exact) mass is 331 g/mol. The van der Waals surface area contributed by atoms with E-state index >= 15 is 0 Å². The molecule has 3 rings (SSSR count). The average Bonchev–Trinajstić information content (AvgIpc) is 2.96. The first kappa shape index (κ1) is 16.9. The Balaban J connectivity index is 1.63. The van der Waals surface area contributed by atoms with Gasteiger partial charge in [0.25, 0.3) is 5.91 Å². The number of ether oxygens (including phenoxy) is 1. The van der Waals surface area contributed by atoms with Crippen molar-refractivity contribution in [1.82, 2.24) is 15.5 Å². The number of fused-ring (bicyclic) bond motifs is 1. The number of esters is 1. The molecule has 0 radical (unpaired) electrons. The van der Waals surface area contributed by atoms with Crippen molar-refractivity contribution in [3.8, 4) is 0 Å². The Morgan fingerprint density at radius 1 is 1.46 bits per heavy atom. The van der Waals surface area contributed by atoms with E-state index in [0.29, 0.717) is 23.8 Å². The lowest BCUT2D eigenvalue weighted by Crippen LogP contribution is -2.50. The Morgan fingerprint density at radius 3 is 3.00 bits per heavy atom.